The molecule has 2 bridgehead atoms. The van der Waals surface area contributed by atoms with Crippen LogP contribution in [-0.2, 0) is 10.2 Å². The van der Waals surface area contributed by atoms with Crippen LogP contribution in [-0.4, -0.2) is 42.3 Å². The molecule has 4 saturated carbocycles. The Balaban J connectivity index is 1.47. The van der Waals surface area contributed by atoms with Gasteiger partial charge < -0.3 is 10.4 Å². The molecule has 0 aromatic carbocycles. The second-order valence-electron chi connectivity index (χ2n) is 9.95. The van der Waals surface area contributed by atoms with Crippen molar-refractivity contribution in [3.63, 3.8) is 0 Å². The van der Waals surface area contributed by atoms with Gasteiger partial charge in [-0.15, -0.1) is 0 Å². The predicted molar refractivity (Wildman–Crippen MR) is 115 cm³/mol. The van der Waals surface area contributed by atoms with Crippen molar-refractivity contribution in [1.82, 2.24) is 25.1 Å². The van der Waals surface area contributed by atoms with Gasteiger partial charge in [-0.25, -0.2) is 23.7 Å². The van der Waals surface area contributed by atoms with Gasteiger partial charge in [0.05, 0.1) is 23.2 Å². The lowest BCUT2D eigenvalue weighted by molar-refractivity contribution is -0.148. The molecule has 7 rings (SSSR count). The molecule has 3 aromatic rings. The Kier molecular flexibility index (Phi) is 4.44. The van der Waals surface area contributed by atoms with Gasteiger partial charge in [0.1, 0.15) is 11.5 Å². The second-order valence-corrected chi connectivity index (χ2v) is 9.95. The number of rotatable bonds is 5. The van der Waals surface area contributed by atoms with Crippen molar-refractivity contribution in [2.75, 3.05) is 5.32 Å². The number of anilines is 1. The summed E-state index contributed by atoms with van der Waals surface area (Å²) in [6.07, 6.45) is 6.29. The van der Waals surface area contributed by atoms with Gasteiger partial charge in [-0.1, -0.05) is 6.92 Å². The predicted octanol–water partition coefficient (Wildman–Crippen LogP) is 4.05. The number of nitrogens with one attached hydrogen (secondary N) is 2. The van der Waals surface area contributed by atoms with Gasteiger partial charge in [-0.05, 0) is 56.4 Å². The van der Waals surface area contributed by atoms with Gasteiger partial charge in [0, 0.05) is 11.5 Å². The molecule has 172 valence electrons. The van der Waals surface area contributed by atoms with E-state index in [1.165, 1.54) is 6.07 Å². The Morgan fingerprint density at radius 1 is 1.18 bits per heavy atom. The highest BCUT2D eigenvalue weighted by molar-refractivity contribution is 5.88. The highest BCUT2D eigenvalue weighted by atomic mass is 19.1. The zero-order valence-corrected chi connectivity index (χ0v) is 18.1. The molecule has 8 nitrogen and oxygen atoms in total. The fourth-order valence-corrected chi connectivity index (χ4v) is 5.69. The van der Waals surface area contributed by atoms with E-state index in [0.717, 1.165) is 44.7 Å². The number of carboxylic acids is 1. The number of hydrogen-bond donors (Lipinski definition) is 3. The molecule has 0 unspecified atom stereocenters. The topological polar surface area (TPSA) is 117 Å². The lowest BCUT2D eigenvalue weighted by Gasteiger charge is -2.47. The second kappa shape index (κ2) is 7.16. The summed E-state index contributed by atoms with van der Waals surface area (Å²) < 4.78 is 29.6. The number of H-pyrrole nitrogens is 1. The normalized spacial score (nSPS) is 27.6. The van der Waals surface area contributed by atoms with Crippen molar-refractivity contribution in [3.8, 4) is 11.5 Å². The maximum atomic E-state index is 15.7. The number of aromatic nitrogens is 5. The monoisotopic (exact) mass is 454 g/mol. The van der Waals surface area contributed by atoms with E-state index in [4.69, 9.17) is 0 Å². The summed E-state index contributed by atoms with van der Waals surface area (Å²) in [5.74, 6) is -2.12. The maximum absolute atomic E-state index is 15.7. The van der Waals surface area contributed by atoms with E-state index >= 15 is 4.39 Å². The van der Waals surface area contributed by atoms with Crippen LogP contribution in [0, 0.1) is 29.4 Å². The molecular formula is C23H24F2N6O2. The van der Waals surface area contributed by atoms with Crippen LogP contribution >= 0.6 is 0 Å². The molecule has 0 aliphatic heterocycles. The zero-order chi connectivity index (χ0) is 22.9. The van der Waals surface area contributed by atoms with Crippen LogP contribution in [0.25, 0.3) is 22.6 Å². The first-order chi connectivity index (χ1) is 15.8. The van der Waals surface area contributed by atoms with E-state index in [1.807, 2.05) is 6.92 Å². The molecule has 3 N–H and O–H groups in total. The lowest BCUT2D eigenvalue weighted by atomic mass is 9.61. The molecule has 2 atom stereocenters. The molecule has 0 spiro atoms. The van der Waals surface area contributed by atoms with Gasteiger partial charge >= 0.3 is 5.97 Å². The van der Waals surface area contributed by atoms with E-state index in [2.05, 4.69) is 30.5 Å². The van der Waals surface area contributed by atoms with Crippen LogP contribution in [0.4, 0.5) is 14.6 Å². The minimum atomic E-state index is -0.856. The number of aromatic amines is 1. The highest BCUT2D eigenvalue weighted by Crippen LogP contribution is 2.50. The Hall–Kier alpha value is -3.17. The molecule has 33 heavy (non-hydrogen) atoms. The molecule has 4 aliphatic rings. The summed E-state index contributed by atoms with van der Waals surface area (Å²) >= 11 is 0. The number of carbonyl (C=O) groups is 1. The minimum absolute atomic E-state index is 0.00700. The van der Waals surface area contributed by atoms with Crippen LogP contribution < -0.4 is 5.32 Å². The average Bonchev–Trinajstić information content (AvgIpc) is 3.41. The molecule has 0 saturated heterocycles. The third-order valence-corrected chi connectivity index (χ3v) is 7.83. The van der Waals surface area contributed by atoms with Gasteiger partial charge in [-0.2, -0.15) is 5.10 Å². The van der Waals surface area contributed by atoms with Crippen molar-refractivity contribution < 1.29 is 18.7 Å². The Morgan fingerprint density at radius 2 is 1.91 bits per heavy atom. The van der Waals surface area contributed by atoms with Gasteiger partial charge in [-0.3, -0.25) is 9.89 Å². The van der Waals surface area contributed by atoms with Gasteiger partial charge in [0.2, 0.25) is 0 Å². The summed E-state index contributed by atoms with van der Waals surface area (Å²) in [5, 5.41) is 20.5. The summed E-state index contributed by atoms with van der Waals surface area (Å²) in [6, 6.07) is 0.891. The SMILES string of the molecule is CC1(c2nc(-c3n[nH]c4ncc(F)cc34)nc(N[C@H]3C4CCC(CC4)[C@@H]3C(=O)O)c2F)CC1. The van der Waals surface area contributed by atoms with Gasteiger partial charge in [0.25, 0.3) is 0 Å². The van der Waals surface area contributed by atoms with E-state index < -0.39 is 35.0 Å². The molecule has 0 amide bonds. The Labute approximate surface area is 188 Å². The van der Waals surface area contributed by atoms with Crippen molar-refractivity contribution >= 4 is 22.8 Å². The van der Waals surface area contributed by atoms with Crippen molar-refractivity contribution in [3.05, 3.63) is 29.6 Å². The minimum Gasteiger partial charge on any atom is -0.481 e. The van der Waals surface area contributed by atoms with E-state index in [9.17, 15) is 14.3 Å². The first-order valence-corrected chi connectivity index (χ1v) is 11.4. The summed E-state index contributed by atoms with van der Waals surface area (Å²) in [5.41, 5.74) is 0.531. The molecule has 3 aromatic heterocycles. The Morgan fingerprint density at radius 3 is 2.61 bits per heavy atom. The van der Waals surface area contributed by atoms with Crippen LogP contribution in [0.2, 0.25) is 0 Å². The van der Waals surface area contributed by atoms with Crippen molar-refractivity contribution in [2.45, 2.75) is 56.9 Å². The smallest absolute Gasteiger partial charge is 0.308 e. The number of nitrogens with zero attached hydrogens (tertiary/aromatic N) is 4. The first-order valence-electron chi connectivity index (χ1n) is 11.4. The number of carboxylic acid groups (broad SMARTS) is 1. The van der Waals surface area contributed by atoms with Crippen LogP contribution in [0.5, 0.6) is 0 Å². The van der Waals surface area contributed by atoms with Crippen LogP contribution in [0.15, 0.2) is 12.3 Å². The first kappa shape index (κ1) is 20.4. The summed E-state index contributed by atoms with van der Waals surface area (Å²) in [7, 11) is 0. The zero-order valence-electron chi connectivity index (χ0n) is 18.1. The van der Waals surface area contributed by atoms with E-state index in [-0.39, 0.29) is 34.9 Å². The molecule has 0 radical (unpaired) electrons. The third-order valence-electron chi connectivity index (χ3n) is 7.83. The van der Waals surface area contributed by atoms with Crippen LogP contribution in [0.3, 0.4) is 0 Å². The maximum Gasteiger partial charge on any atom is 0.308 e. The molecule has 4 fully saturated rings. The number of aliphatic carboxylic acids is 1. The van der Waals surface area contributed by atoms with E-state index in [1.54, 1.807) is 0 Å². The summed E-state index contributed by atoms with van der Waals surface area (Å²) in [4.78, 5) is 25.0. The van der Waals surface area contributed by atoms with Gasteiger partial charge in [0.15, 0.2) is 23.1 Å². The number of halogens is 2. The van der Waals surface area contributed by atoms with E-state index in [0.29, 0.717) is 11.0 Å². The molecule has 3 heterocycles. The number of hydrogen-bond acceptors (Lipinski definition) is 6. The summed E-state index contributed by atoms with van der Waals surface area (Å²) in [6.45, 7) is 1.94. The average molecular weight is 454 g/mol. The third kappa shape index (κ3) is 3.26. The highest BCUT2D eigenvalue weighted by Gasteiger charge is 2.49. The molecule has 10 heteroatoms. The Bertz CT molecular complexity index is 1270. The van der Waals surface area contributed by atoms with Crippen molar-refractivity contribution in [2.24, 2.45) is 17.8 Å². The van der Waals surface area contributed by atoms with Crippen LogP contribution in [0.1, 0.15) is 51.1 Å². The largest absolute Gasteiger partial charge is 0.481 e. The standard InChI is InChI=1S/C23H24F2N6O2/c1-23(6-7-23)18-15(25)20(27-16-11-4-2-10(3-5-11)14(16)22(32)33)29-21(28-18)17-13-8-12(24)9-26-19(13)31-30-17/h8-11,14,16H,2-7H2,1H3,(H,32,33)(H,26,30,31)(H,27,28,29)/t10?,11?,14-,16-/m0/s1. The fourth-order valence-electron chi connectivity index (χ4n) is 5.69. The van der Waals surface area contributed by atoms with Crippen molar-refractivity contribution in [1.29, 1.82) is 0 Å². The fraction of sp³-hybridized carbons (Fsp3) is 0.522. The lowest BCUT2D eigenvalue weighted by Crippen LogP contribution is -2.51. The number of pyridine rings is 1. The number of fused-ring (bicyclic) bond motifs is 4. The quantitative estimate of drug-likeness (QED) is 0.533. The molecular weight excluding hydrogens is 430 g/mol. The molecule has 4 aliphatic carbocycles.